The molecule has 3 N–H and O–H groups in total. The predicted octanol–water partition coefficient (Wildman–Crippen LogP) is 1.48. The summed E-state index contributed by atoms with van der Waals surface area (Å²) in [6.45, 7) is 0. The van der Waals surface area contributed by atoms with Crippen LogP contribution in [0.25, 0.3) is 0 Å². The van der Waals surface area contributed by atoms with Gasteiger partial charge in [-0.1, -0.05) is 6.42 Å². The van der Waals surface area contributed by atoms with Crippen LogP contribution >= 0.6 is 0 Å². The summed E-state index contributed by atoms with van der Waals surface area (Å²) in [7, 11) is 1.91. The van der Waals surface area contributed by atoms with Crippen LogP contribution in [-0.2, 0) is 0 Å². The van der Waals surface area contributed by atoms with Gasteiger partial charge in [-0.15, -0.1) is 0 Å². The lowest BCUT2D eigenvalue weighted by Gasteiger charge is -2.31. The molecule has 1 aliphatic carbocycles. The number of rotatable bonds is 4. The van der Waals surface area contributed by atoms with E-state index in [1.54, 1.807) is 0 Å². The molecule has 7 heteroatoms. The minimum absolute atomic E-state index is 0.0344. The normalized spacial score (nSPS) is 23.0. The number of anilines is 1. The molecule has 1 saturated carbocycles. The van der Waals surface area contributed by atoms with Crippen molar-refractivity contribution in [3.05, 3.63) is 22.2 Å². The third-order valence-electron chi connectivity index (χ3n) is 3.42. The first kappa shape index (κ1) is 13.5. The van der Waals surface area contributed by atoms with Crippen molar-refractivity contribution in [2.24, 2.45) is 0 Å². The van der Waals surface area contributed by atoms with Gasteiger partial charge in [-0.25, -0.2) is 0 Å². The van der Waals surface area contributed by atoms with Crippen LogP contribution in [0.3, 0.4) is 0 Å². The van der Waals surface area contributed by atoms with Gasteiger partial charge in [0, 0.05) is 18.2 Å². The van der Waals surface area contributed by atoms with Gasteiger partial charge in [0.25, 0.3) is 0 Å². The summed E-state index contributed by atoms with van der Waals surface area (Å²) in [6, 6.07) is 3.11. The Hall–Kier alpha value is -1.89. The molecule has 2 atom stereocenters. The summed E-state index contributed by atoms with van der Waals surface area (Å²) in [4.78, 5) is 14.0. The van der Waals surface area contributed by atoms with Crippen molar-refractivity contribution < 1.29 is 9.66 Å². The molecule has 0 bridgehead atoms. The van der Waals surface area contributed by atoms with Crippen LogP contribution in [0.15, 0.2) is 12.1 Å². The number of nitrogens with two attached hydrogens (primary N) is 1. The summed E-state index contributed by atoms with van der Waals surface area (Å²) >= 11 is 0. The van der Waals surface area contributed by atoms with E-state index in [2.05, 4.69) is 10.3 Å². The van der Waals surface area contributed by atoms with Crippen molar-refractivity contribution in [2.45, 2.75) is 37.8 Å². The minimum atomic E-state index is -0.552. The third kappa shape index (κ3) is 3.11. The van der Waals surface area contributed by atoms with Gasteiger partial charge in [0.15, 0.2) is 0 Å². The van der Waals surface area contributed by atoms with Gasteiger partial charge in [0.05, 0.1) is 4.92 Å². The fraction of sp³-hybridized carbons (Fsp3) is 0.583. The fourth-order valence-electron chi connectivity index (χ4n) is 2.39. The summed E-state index contributed by atoms with van der Waals surface area (Å²) in [5.41, 5.74) is 5.35. The van der Waals surface area contributed by atoms with Crippen LogP contribution in [0.2, 0.25) is 0 Å². The van der Waals surface area contributed by atoms with Crippen molar-refractivity contribution in [1.82, 2.24) is 10.3 Å². The fourth-order valence-corrected chi connectivity index (χ4v) is 2.39. The molecule has 0 aliphatic heterocycles. The van der Waals surface area contributed by atoms with E-state index in [1.165, 1.54) is 18.6 Å². The molecule has 0 aromatic carbocycles. The maximum atomic E-state index is 10.7. The first-order valence-electron chi connectivity index (χ1n) is 6.36. The van der Waals surface area contributed by atoms with Gasteiger partial charge in [-0.3, -0.25) is 10.1 Å². The lowest BCUT2D eigenvalue weighted by atomic mass is 9.92. The maximum absolute atomic E-state index is 10.7. The molecular formula is C12H18N4O3. The van der Waals surface area contributed by atoms with Gasteiger partial charge in [0.1, 0.15) is 6.10 Å². The van der Waals surface area contributed by atoms with E-state index in [4.69, 9.17) is 10.5 Å². The van der Waals surface area contributed by atoms with Crippen molar-refractivity contribution in [3.63, 3.8) is 0 Å². The highest BCUT2D eigenvalue weighted by molar-refractivity contribution is 5.53. The van der Waals surface area contributed by atoms with Gasteiger partial charge < -0.3 is 15.8 Å². The Labute approximate surface area is 111 Å². The summed E-state index contributed by atoms with van der Waals surface area (Å²) in [5.74, 6) is 0.231. The number of hydrogen-bond donors (Lipinski definition) is 2. The van der Waals surface area contributed by atoms with Crippen molar-refractivity contribution >= 4 is 11.5 Å². The number of likely N-dealkylation sites (N-methyl/N-ethyl adjacent to an activating group) is 1. The Bertz CT molecular complexity index is 466. The lowest BCUT2D eigenvalue weighted by molar-refractivity contribution is -0.384. The van der Waals surface area contributed by atoms with Crippen molar-refractivity contribution in [3.8, 4) is 5.88 Å². The highest BCUT2D eigenvalue weighted by Gasteiger charge is 2.26. The monoisotopic (exact) mass is 266 g/mol. The number of nitrogen functional groups attached to an aromatic ring is 1. The number of ether oxygens (including phenoxy) is 1. The predicted molar refractivity (Wildman–Crippen MR) is 71.0 cm³/mol. The Kier molecular flexibility index (Phi) is 4.16. The molecule has 1 fully saturated rings. The molecule has 19 heavy (non-hydrogen) atoms. The zero-order valence-corrected chi connectivity index (χ0v) is 10.8. The Balaban J connectivity index is 2.10. The smallest absolute Gasteiger partial charge is 0.311 e. The summed E-state index contributed by atoms with van der Waals surface area (Å²) < 4.78 is 5.80. The Morgan fingerprint density at radius 3 is 2.84 bits per heavy atom. The number of hydrogen-bond acceptors (Lipinski definition) is 6. The van der Waals surface area contributed by atoms with Crippen LogP contribution in [0.5, 0.6) is 5.88 Å². The zero-order valence-electron chi connectivity index (χ0n) is 10.8. The van der Waals surface area contributed by atoms with E-state index in [0.29, 0.717) is 5.88 Å². The number of nitrogens with zero attached hydrogens (tertiary/aromatic N) is 2. The van der Waals surface area contributed by atoms with E-state index < -0.39 is 4.92 Å². The first-order valence-corrected chi connectivity index (χ1v) is 6.36. The van der Waals surface area contributed by atoms with E-state index in [9.17, 15) is 10.1 Å². The molecule has 2 unspecified atom stereocenters. The molecule has 104 valence electrons. The van der Waals surface area contributed by atoms with Crippen LogP contribution in [0.4, 0.5) is 11.5 Å². The molecule has 1 aromatic rings. The molecule has 0 radical (unpaired) electrons. The molecule has 7 nitrogen and oxygen atoms in total. The highest BCUT2D eigenvalue weighted by Crippen LogP contribution is 2.26. The van der Waals surface area contributed by atoms with Crippen LogP contribution in [0.1, 0.15) is 25.7 Å². The molecule has 0 saturated heterocycles. The molecule has 0 spiro atoms. The average Bonchev–Trinajstić information content (AvgIpc) is 2.39. The third-order valence-corrected chi connectivity index (χ3v) is 3.42. The summed E-state index contributed by atoms with van der Waals surface area (Å²) in [5, 5.41) is 13.9. The molecular weight excluding hydrogens is 248 g/mol. The molecule has 1 aliphatic rings. The van der Waals surface area contributed by atoms with Crippen LogP contribution < -0.4 is 15.8 Å². The SMILES string of the molecule is CNC1CCCCC1Oc1ccc([N+](=O)[O-])c(N)n1. The van der Waals surface area contributed by atoms with E-state index in [-0.39, 0.29) is 23.7 Å². The first-order chi connectivity index (χ1) is 9.11. The van der Waals surface area contributed by atoms with E-state index in [1.807, 2.05) is 7.05 Å². The number of aromatic nitrogens is 1. The van der Waals surface area contributed by atoms with Crippen molar-refractivity contribution in [1.29, 1.82) is 0 Å². The number of pyridine rings is 1. The largest absolute Gasteiger partial charge is 0.473 e. The summed E-state index contributed by atoms with van der Waals surface area (Å²) in [6.07, 6.45) is 4.34. The second kappa shape index (κ2) is 5.83. The Morgan fingerprint density at radius 1 is 1.47 bits per heavy atom. The molecule has 2 rings (SSSR count). The number of nitrogens with one attached hydrogen (secondary N) is 1. The second-order valence-corrected chi connectivity index (χ2v) is 4.65. The van der Waals surface area contributed by atoms with Crippen molar-refractivity contribution in [2.75, 3.05) is 12.8 Å². The number of nitro groups is 1. The molecule has 1 heterocycles. The second-order valence-electron chi connectivity index (χ2n) is 4.65. The maximum Gasteiger partial charge on any atom is 0.311 e. The molecule has 1 aromatic heterocycles. The standard InChI is InChI=1S/C12H18N4O3/c1-14-8-4-2-3-5-10(8)19-11-7-6-9(16(17)18)12(13)15-11/h6-8,10,14H,2-5H2,1H3,(H2,13,15). The van der Waals surface area contributed by atoms with Gasteiger partial charge >= 0.3 is 5.69 Å². The molecule has 0 amide bonds. The van der Waals surface area contributed by atoms with Gasteiger partial charge in [-0.2, -0.15) is 4.98 Å². The van der Waals surface area contributed by atoms with E-state index >= 15 is 0 Å². The highest BCUT2D eigenvalue weighted by atomic mass is 16.6. The minimum Gasteiger partial charge on any atom is -0.473 e. The quantitative estimate of drug-likeness (QED) is 0.632. The van der Waals surface area contributed by atoms with Gasteiger partial charge in [-0.05, 0) is 26.3 Å². The Morgan fingerprint density at radius 2 is 2.21 bits per heavy atom. The lowest BCUT2D eigenvalue weighted by Crippen LogP contribution is -2.43. The average molecular weight is 266 g/mol. The van der Waals surface area contributed by atoms with E-state index in [0.717, 1.165) is 19.3 Å². The van der Waals surface area contributed by atoms with Crippen LogP contribution in [-0.4, -0.2) is 29.1 Å². The van der Waals surface area contributed by atoms with Crippen LogP contribution in [0, 0.1) is 10.1 Å². The topological polar surface area (TPSA) is 103 Å². The zero-order chi connectivity index (χ0) is 13.8. The van der Waals surface area contributed by atoms with Gasteiger partial charge in [0.2, 0.25) is 11.7 Å².